The molecule has 5 nitrogen and oxygen atoms in total. The number of nitrogens with zero attached hydrogens (tertiary/aromatic N) is 1. The van der Waals surface area contributed by atoms with Gasteiger partial charge in [0, 0.05) is 17.8 Å². The van der Waals surface area contributed by atoms with Gasteiger partial charge in [-0.05, 0) is 50.9 Å². The molecule has 1 N–H and O–H groups in total. The van der Waals surface area contributed by atoms with Crippen molar-refractivity contribution < 1.29 is 14.3 Å². The van der Waals surface area contributed by atoms with E-state index in [1.165, 1.54) is 12.8 Å². The smallest absolute Gasteiger partial charge is 0.411 e. The molecule has 1 aliphatic rings. The number of amides is 1. The number of rotatable bonds is 10. The molecule has 1 amide bonds. The Morgan fingerprint density at radius 3 is 2.73 bits per heavy atom. The minimum Gasteiger partial charge on any atom is -0.494 e. The summed E-state index contributed by atoms with van der Waals surface area (Å²) in [6.07, 6.45) is 6.13. The number of ether oxygens (including phenoxy) is 2. The molecule has 0 bridgehead atoms. The third-order valence-corrected chi connectivity index (χ3v) is 5.05. The lowest BCUT2D eigenvalue weighted by atomic mass is 10.2. The average molecular weight is 363 g/mol. The number of carbonyl (C=O) groups excluding carboxylic acids is 1. The van der Waals surface area contributed by atoms with Crippen molar-refractivity contribution in [2.24, 2.45) is 0 Å². The Hall–Kier alpha value is -1.75. The molecule has 0 spiro atoms. The van der Waals surface area contributed by atoms with Crippen LogP contribution in [0.1, 0.15) is 59.3 Å². The highest BCUT2D eigenvalue weighted by atomic mass is 16.6. The van der Waals surface area contributed by atoms with Crippen molar-refractivity contribution in [3.63, 3.8) is 0 Å². The average Bonchev–Trinajstić information content (AvgIpc) is 3.08. The zero-order chi connectivity index (χ0) is 18.8. The Morgan fingerprint density at radius 2 is 2.00 bits per heavy atom. The van der Waals surface area contributed by atoms with Gasteiger partial charge in [0.15, 0.2) is 0 Å². The van der Waals surface area contributed by atoms with Crippen LogP contribution in [0.4, 0.5) is 10.5 Å². The first kappa shape index (κ1) is 20.6. The normalized spacial score (nSPS) is 19.5. The lowest BCUT2D eigenvalue weighted by molar-refractivity contribution is 0.0549. The van der Waals surface area contributed by atoms with Crippen molar-refractivity contribution >= 4 is 11.8 Å². The molecule has 1 aliphatic carbocycles. The van der Waals surface area contributed by atoms with Crippen LogP contribution in [0.25, 0.3) is 0 Å². The molecule has 1 fully saturated rings. The zero-order valence-electron chi connectivity index (χ0n) is 16.5. The number of anilines is 1. The van der Waals surface area contributed by atoms with E-state index in [0.29, 0.717) is 18.3 Å². The van der Waals surface area contributed by atoms with Crippen LogP contribution in [0.3, 0.4) is 0 Å². The zero-order valence-corrected chi connectivity index (χ0v) is 16.5. The van der Waals surface area contributed by atoms with E-state index in [2.05, 4.69) is 31.0 Å². The highest BCUT2D eigenvalue weighted by Gasteiger charge is 2.33. The van der Waals surface area contributed by atoms with E-state index >= 15 is 0 Å². The maximum absolute atomic E-state index is 12.3. The number of carbonyl (C=O) groups is 1. The largest absolute Gasteiger partial charge is 0.494 e. The van der Waals surface area contributed by atoms with E-state index in [1.807, 2.05) is 24.3 Å². The lowest BCUT2D eigenvalue weighted by Gasteiger charge is -2.30. The van der Waals surface area contributed by atoms with Crippen LogP contribution in [0.2, 0.25) is 0 Å². The van der Waals surface area contributed by atoms with Crippen LogP contribution in [-0.4, -0.2) is 42.8 Å². The molecular formula is C21H34N2O3. The van der Waals surface area contributed by atoms with Crippen LogP contribution >= 0.6 is 0 Å². The number of likely N-dealkylation sites (N-methyl/N-ethyl adjacent to an activating group) is 1. The molecule has 5 heteroatoms. The van der Waals surface area contributed by atoms with Crippen molar-refractivity contribution in [2.45, 2.75) is 71.4 Å². The molecule has 0 aliphatic heterocycles. The van der Waals surface area contributed by atoms with Crippen molar-refractivity contribution in [2.75, 3.05) is 25.0 Å². The summed E-state index contributed by atoms with van der Waals surface area (Å²) in [4.78, 5) is 14.7. The summed E-state index contributed by atoms with van der Waals surface area (Å²) in [6.45, 7) is 9.16. The molecule has 26 heavy (non-hydrogen) atoms. The fraction of sp³-hybridized carbons (Fsp3) is 0.667. The molecule has 1 aromatic carbocycles. The summed E-state index contributed by atoms with van der Waals surface area (Å²) in [5.41, 5.74) is 0.709. The van der Waals surface area contributed by atoms with Gasteiger partial charge >= 0.3 is 6.09 Å². The van der Waals surface area contributed by atoms with Gasteiger partial charge in [0.25, 0.3) is 0 Å². The van der Waals surface area contributed by atoms with E-state index in [9.17, 15) is 4.79 Å². The maximum Gasteiger partial charge on any atom is 0.411 e. The van der Waals surface area contributed by atoms with Crippen molar-refractivity contribution in [3.8, 4) is 5.75 Å². The summed E-state index contributed by atoms with van der Waals surface area (Å²) in [5.74, 6) is 0.779. The maximum atomic E-state index is 12.3. The van der Waals surface area contributed by atoms with Gasteiger partial charge in [-0.2, -0.15) is 0 Å². The third-order valence-electron chi connectivity index (χ3n) is 5.05. The fourth-order valence-electron chi connectivity index (χ4n) is 3.64. The van der Waals surface area contributed by atoms with Gasteiger partial charge in [-0.25, -0.2) is 4.79 Å². The Labute approximate surface area is 158 Å². The Balaban J connectivity index is 1.85. The summed E-state index contributed by atoms with van der Waals surface area (Å²) in [6, 6.07) is 7.85. The number of unbranched alkanes of at least 4 members (excludes halogenated alkanes) is 2. The van der Waals surface area contributed by atoms with Crippen molar-refractivity contribution in [1.82, 2.24) is 4.90 Å². The Morgan fingerprint density at radius 1 is 1.19 bits per heavy atom. The molecule has 0 unspecified atom stereocenters. The second-order valence-corrected chi connectivity index (χ2v) is 6.87. The standard InChI is InChI=1S/C21H34N2O3/c1-4-7-8-15-25-18-12-9-11-17(16-18)22-21(24)26-20-14-10-13-19(20)23(5-2)6-3/h9,11-12,16,19-20H,4-8,10,13-15H2,1-3H3,(H,22,24)/t19-,20-/m0/s1. The van der Waals surface area contributed by atoms with E-state index in [4.69, 9.17) is 9.47 Å². The molecule has 2 rings (SSSR count). The van der Waals surface area contributed by atoms with Gasteiger partial charge in [-0.3, -0.25) is 10.2 Å². The van der Waals surface area contributed by atoms with Crippen LogP contribution in [0.5, 0.6) is 5.75 Å². The molecule has 0 aromatic heterocycles. The molecule has 1 aromatic rings. The first-order valence-electron chi connectivity index (χ1n) is 10.1. The van der Waals surface area contributed by atoms with E-state index in [-0.39, 0.29) is 12.2 Å². The second-order valence-electron chi connectivity index (χ2n) is 6.87. The van der Waals surface area contributed by atoms with Crippen molar-refractivity contribution in [1.29, 1.82) is 0 Å². The summed E-state index contributed by atoms with van der Waals surface area (Å²) in [5, 5.41) is 2.85. The summed E-state index contributed by atoms with van der Waals surface area (Å²) in [7, 11) is 0. The third kappa shape index (κ3) is 6.20. The SMILES string of the molecule is CCCCCOc1cccc(NC(=O)O[C@H]2CCC[C@@H]2N(CC)CC)c1. The first-order chi connectivity index (χ1) is 12.7. The highest BCUT2D eigenvalue weighted by molar-refractivity contribution is 5.85. The fourth-order valence-corrected chi connectivity index (χ4v) is 3.64. The van der Waals surface area contributed by atoms with Crippen LogP contribution in [0, 0.1) is 0 Å². The molecule has 0 saturated heterocycles. The molecule has 0 heterocycles. The van der Waals surface area contributed by atoms with Crippen LogP contribution in [-0.2, 0) is 4.74 Å². The van der Waals surface area contributed by atoms with Crippen molar-refractivity contribution in [3.05, 3.63) is 24.3 Å². The van der Waals surface area contributed by atoms with Gasteiger partial charge in [0.1, 0.15) is 11.9 Å². The summed E-state index contributed by atoms with van der Waals surface area (Å²) >= 11 is 0. The minimum atomic E-state index is -0.378. The predicted octanol–water partition coefficient (Wildman–Crippen LogP) is 5.07. The lowest BCUT2D eigenvalue weighted by Crippen LogP contribution is -2.42. The van der Waals surface area contributed by atoms with Gasteiger partial charge in [0.2, 0.25) is 0 Å². The number of benzene rings is 1. The number of hydrogen-bond acceptors (Lipinski definition) is 4. The molecule has 146 valence electrons. The molecule has 2 atom stereocenters. The summed E-state index contributed by atoms with van der Waals surface area (Å²) < 4.78 is 11.5. The van der Waals surface area contributed by atoms with Gasteiger partial charge in [-0.15, -0.1) is 0 Å². The monoisotopic (exact) mass is 362 g/mol. The van der Waals surface area contributed by atoms with Crippen LogP contribution in [0.15, 0.2) is 24.3 Å². The Kier molecular flexibility index (Phi) is 8.75. The van der Waals surface area contributed by atoms with Crippen LogP contribution < -0.4 is 10.1 Å². The van der Waals surface area contributed by atoms with Gasteiger partial charge < -0.3 is 9.47 Å². The van der Waals surface area contributed by atoms with Gasteiger partial charge in [0.05, 0.1) is 6.61 Å². The Bertz CT molecular complexity index is 546. The topological polar surface area (TPSA) is 50.8 Å². The first-order valence-corrected chi connectivity index (χ1v) is 10.1. The number of nitrogens with one attached hydrogen (secondary N) is 1. The molecule has 1 saturated carbocycles. The minimum absolute atomic E-state index is 0.0247. The highest BCUT2D eigenvalue weighted by Crippen LogP contribution is 2.27. The molecule has 0 radical (unpaired) electrons. The number of hydrogen-bond donors (Lipinski definition) is 1. The second kappa shape index (κ2) is 11.1. The predicted molar refractivity (Wildman–Crippen MR) is 106 cm³/mol. The van der Waals surface area contributed by atoms with Gasteiger partial charge in [-0.1, -0.05) is 39.7 Å². The quantitative estimate of drug-likeness (QED) is 0.591. The molecular weight excluding hydrogens is 328 g/mol. The van der Waals surface area contributed by atoms with E-state index in [1.54, 1.807) is 0 Å². The van der Waals surface area contributed by atoms with E-state index < -0.39 is 0 Å². The van der Waals surface area contributed by atoms with E-state index in [0.717, 1.165) is 44.5 Å².